The molecule has 0 radical (unpaired) electrons. The van der Waals surface area contributed by atoms with E-state index in [2.05, 4.69) is 9.97 Å². The lowest BCUT2D eigenvalue weighted by molar-refractivity contribution is 0.0984. The van der Waals surface area contributed by atoms with Crippen molar-refractivity contribution in [3.05, 3.63) is 84.2 Å². The number of carbonyl (C=O) groups is 1. The van der Waals surface area contributed by atoms with Gasteiger partial charge in [0.05, 0.1) is 19.2 Å². The fraction of sp³-hybridized carbons (Fsp3) is 0.105. The molecule has 1 amide bonds. The van der Waals surface area contributed by atoms with Crippen molar-refractivity contribution in [1.29, 1.82) is 0 Å². The van der Waals surface area contributed by atoms with Gasteiger partial charge in [-0.05, 0) is 42.0 Å². The first-order valence-corrected chi connectivity index (χ1v) is 7.64. The summed E-state index contributed by atoms with van der Waals surface area (Å²) in [4.78, 5) is 22.0. The molecule has 3 rings (SSSR count). The Balaban J connectivity index is 1.92. The minimum absolute atomic E-state index is 0.269. The van der Waals surface area contributed by atoms with Crippen molar-refractivity contribution in [3.63, 3.8) is 0 Å². The summed E-state index contributed by atoms with van der Waals surface area (Å²) < 4.78 is 18.2. The summed E-state index contributed by atoms with van der Waals surface area (Å²) in [5.41, 5.74) is 1.94. The highest BCUT2D eigenvalue weighted by atomic mass is 19.1. The van der Waals surface area contributed by atoms with Crippen molar-refractivity contribution < 1.29 is 13.9 Å². The Labute approximate surface area is 144 Å². The van der Waals surface area contributed by atoms with Gasteiger partial charge in [-0.25, -0.2) is 4.98 Å². The fourth-order valence-corrected chi connectivity index (χ4v) is 2.38. The van der Waals surface area contributed by atoms with Crippen molar-refractivity contribution in [3.8, 4) is 5.75 Å². The van der Waals surface area contributed by atoms with Crippen molar-refractivity contribution in [1.82, 2.24) is 9.97 Å². The van der Waals surface area contributed by atoms with Crippen LogP contribution in [0.25, 0.3) is 0 Å². The number of ether oxygens (including phenoxy) is 1. The standard InChI is InChI=1S/C19H16FN3O2/c1-25-17-5-2-14(3-6-17)13-23(16-8-10-21-11-9-16)19(24)15-4-7-18(20)22-12-15/h2-12H,13H2,1H3. The molecule has 6 heteroatoms. The summed E-state index contributed by atoms with van der Waals surface area (Å²) >= 11 is 0. The van der Waals surface area contributed by atoms with Crippen molar-refractivity contribution in [2.24, 2.45) is 0 Å². The Kier molecular flexibility index (Phi) is 4.99. The van der Waals surface area contributed by atoms with E-state index in [1.807, 2.05) is 24.3 Å². The average molecular weight is 337 g/mol. The molecule has 0 fully saturated rings. The van der Waals surface area contributed by atoms with Crippen molar-refractivity contribution in [2.75, 3.05) is 12.0 Å². The van der Waals surface area contributed by atoms with Crippen LogP contribution in [0.15, 0.2) is 67.1 Å². The first kappa shape index (κ1) is 16.6. The van der Waals surface area contributed by atoms with Crippen LogP contribution in [0.2, 0.25) is 0 Å². The maximum atomic E-state index is 13.0. The minimum atomic E-state index is -0.623. The van der Waals surface area contributed by atoms with Crippen LogP contribution >= 0.6 is 0 Å². The van der Waals surface area contributed by atoms with Crippen LogP contribution in [0.5, 0.6) is 5.75 Å². The predicted molar refractivity (Wildman–Crippen MR) is 91.9 cm³/mol. The van der Waals surface area contributed by atoms with E-state index >= 15 is 0 Å². The van der Waals surface area contributed by atoms with Gasteiger partial charge in [0.25, 0.3) is 5.91 Å². The molecular weight excluding hydrogens is 321 g/mol. The number of pyridine rings is 2. The molecule has 2 aromatic heterocycles. The van der Waals surface area contributed by atoms with E-state index in [1.165, 1.54) is 18.3 Å². The number of nitrogens with zero attached hydrogens (tertiary/aromatic N) is 3. The number of hydrogen-bond donors (Lipinski definition) is 0. The average Bonchev–Trinajstić information content (AvgIpc) is 2.67. The summed E-state index contributed by atoms with van der Waals surface area (Å²) in [6.07, 6.45) is 4.47. The summed E-state index contributed by atoms with van der Waals surface area (Å²) in [6, 6.07) is 13.6. The van der Waals surface area contributed by atoms with Gasteiger partial charge in [-0.2, -0.15) is 4.39 Å². The molecule has 0 bridgehead atoms. The maximum Gasteiger partial charge on any atom is 0.260 e. The molecule has 0 atom stereocenters. The monoisotopic (exact) mass is 337 g/mol. The Morgan fingerprint density at radius 2 is 1.80 bits per heavy atom. The lowest BCUT2D eigenvalue weighted by Crippen LogP contribution is -2.30. The Morgan fingerprint density at radius 3 is 2.40 bits per heavy atom. The first-order chi connectivity index (χ1) is 12.2. The number of carbonyl (C=O) groups excluding carboxylic acids is 1. The second-order valence-electron chi connectivity index (χ2n) is 5.31. The third-order valence-corrected chi connectivity index (χ3v) is 3.69. The highest BCUT2D eigenvalue weighted by Crippen LogP contribution is 2.20. The number of amides is 1. The molecular formula is C19H16FN3O2. The molecule has 0 aliphatic carbocycles. The molecule has 126 valence electrons. The summed E-state index contributed by atoms with van der Waals surface area (Å²) in [6.45, 7) is 0.351. The molecule has 25 heavy (non-hydrogen) atoms. The molecule has 0 spiro atoms. The van der Waals surface area contributed by atoms with Crippen LogP contribution < -0.4 is 9.64 Å². The maximum absolute atomic E-state index is 13.0. The number of benzene rings is 1. The van der Waals surface area contributed by atoms with Gasteiger partial charge in [0, 0.05) is 24.3 Å². The van der Waals surface area contributed by atoms with E-state index < -0.39 is 5.95 Å². The highest BCUT2D eigenvalue weighted by molar-refractivity contribution is 6.05. The number of rotatable bonds is 5. The van der Waals surface area contributed by atoms with E-state index in [-0.39, 0.29) is 5.91 Å². The van der Waals surface area contributed by atoms with E-state index in [0.717, 1.165) is 11.3 Å². The van der Waals surface area contributed by atoms with E-state index in [4.69, 9.17) is 4.74 Å². The van der Waals surface area contributed by atoms with Gasteiger partial charge in [-0.15, -0.1) is 0 Å². The summed E-state index contributed by atoms with van der Waals surface area (Å²) in [5, 5.41) is 0. The smallest absolute Gasteiger partial charge is 0.260 e. The topological polar surface area (TPSA) is 55.3 Å². The van der Waals surface area contributed by atoms with Gasteiger partial charge in [-0.1, -0.05) is 12.1 Å². The summed E-state index contributed by atoms with van der Waals surface area (Å²) in [5.74, 6) is -0.148. The van der Waals surface area contributed by atoms with E-state index in [9.17, 15) is 9.18 Å². The molecule has 5 nitrogen and oxygen atoms in total. The van der Waals surface area contributed by atoms with Gasteiger partial charge in [0.15, 0.2) is 0 Å². The number of anilines is 1. The molecule has 1 aromatic carbocycles. The largest absolute Gasteiger partial charge is 0.497 e. The molecule has 3 aromatic rings. The Bertz CT molecular complexity index is 837. The van der Waals surface area contributed by atoms with Crippen LogP contribution in [-0.4, -0.2) is 23.0 Å². The lowest BCUT2D eigenvalue weighted by Gasteiger charge is -2.23. The lowest BCUT2D eigenvalue weighted by atomic mass is 10.1. The third kappa shape index (κ3) is 3.98. The molecule has 0 N–H and O–H groups in total. The zero-order chi connectivity index (χ0) is 17.6. The quantitative estimate of drug-likeness (QED) is 0.669. The van der Waals surface area contributed by atoms with Crippen LogP contribution in [0.4, 0.5) is 10.1 Å². The van der Waals surface area contributed by atoms with E-state index in [0.29, 0.717) is 17.8 Å². The molecule has 0 saturated carbocycles. The van der Waals surface area contributed by atoms with Gasteiger partial charge >= 0.3 is 0 Å². The van der Waals surface area contributed by atoms with Crippen molar-refractivity contribution >= 4 is 11.6 Å². The number of methoxy groups -OCH3 is 1. The SMILES string of the molecule is COc1ccc(CN(C(=O)c2ccc(F)nc2)c2ccncc2)cc1. The number of aromatic nitrogens is 2. The Morgan fingerprint density at radius 1 is 1.08 bits per heavy atom. The van der Waals surface area contributed by atoms with Gasteiger partial charge < -0.3 is 9.64 Å². The fourth-order valence-electron chi connectivity index (χ4n) is 2.38. The van der Waals surface area contributed by atoms with Crippen molar-refractivity contribution in [2.45, 2.75) is 6.54 Å². The van der Waals surface area contributed by atoms with Crippen LogP contribution in [0.3, 0.4) is 0 Å². The van der Waals surface area contributed by atoms with Gasteiger partial charge in [0.2, 0.25) is 5.95 Å². The van der Waals surface area contributed by atoms with Gasteiger partial charge in [-0.3, -0.25) is 9.78 Å². The normalized spacial score (nSPS) is 10.3. The second-order valence-corrected chi connectivity index (χ2v) is 5.31. The minimum Gasteiger partial charge on any atom is -0.497 e. The van der Waals surface area contributed by atoms with Gasteiger partial charge in [0.1, 0.15) is 5.75 Å². The zero-order valence-corrected chi connectivity index (χ0v) is 13.6. The molecule has 2 heterocycles. The molecule has 0 aliphatic rings. The van der Waals surface area contributed by atoms with Crippen LogP contribution in [0, 0.1) is 5.95 Å². The van der Waals surface area contributed by atoms with Crippen LogP contribution in [-0.2, 0) is 6.54 Å². The number of hydrogen-bond acceptors (Lipinski definition) is 4. The molecule has 0 aliphatic heterocycles. The second kappa shape index (κ2) is 7.53. The van der Waals surface area contributed by atoms with Crippen LogP contribution in [0.1, 0.15) is 15.9 Å². The summed E-state index contributed by atoms with van der Waals surface area (Å²) in [7, 11) is 1.60. The Hall–Kier alpha value is -3.28. The number of halogens is 1. The molecule has 0 saturated heterocycles. The third-order valence-electron chi connectivity index (χ3n) is 3.69. The predicted octanol–water partition coefficient (Wildman–Crippen LogP) is 3.47. The molecule has 0 unspecified atom stereocenters. The highest BCUT2D eigenvalue weighted by Gasteiger charge is 2.18. The van der Waals surface area contributed by atoms with E-state index in [1.54, 1.807) is 36.5 Å². The zero-order valence-electron chi connectivity index (χ0n) is 13.6. The first-order valence-electron chi connectivity index (χ1n) is 7.64.